The van der Waals surface area contributed by atoms with Gasteiger partial charge in [0.1, 0.15) is 6.61 Å². The number of carboxylic acids is 1. The highest BCUT2D eigenvalue weighted by Gasteiger charge is 2.54. The third kappa shape index (κ3) is 7.38. The van der Waals surface area contributed by atoms with Crippen LogP contribution in [0.3, 0.4) is 0 Å². The van der Waals surface area contributed by atoms with Crippen molar-refractivity contribution in [3.63, 3.8) is 0 Å². The number of ether oxygens (including phenoxy) is 2. The highest BCUT2D eigenvalue weighted by molar-refractivity contribution is 7.56. The molecule has 0 saturated heterocycles. The Morgan fingerprint density at radius 1 is 1.11 bits per heavy atom. The van der Waals surface area contributed by atoms with Gasteiger partial charge in [0.05, 0.1) is 7.11 Å². The number of methoxy groups -OCH3 is 1. The van der Waals surface area contributed by atoms with Crippen molar-refractivity contribution in [2.24, 2.45) is 0 Å². The molecule has 1 atom stereocenters. The molecule has 1 rings (SSSR count). The highest BCUT2D eigenvalue weighted by atomic mass is 31.2. The van der Waals surface area contributed by atoms with Gasteiger partial charge in [-0.1, -0.05) is 30.3 Å². The summed E-state index contributed by atoms with van der Waals surface area (Å²) in [6.45, 7) is 2.32. The molecule has 0 spiro atoms. The van der Waals surface area contributed by atoms with Gasteiger partial charge in [0.25, 0.3) is 0 Å². The van der Waals surface area contributed by atoms with Gasteiger partial charge in [0.15, 0.2) is 0 Å². The Morgan fingerprint density at radius 2 is 1.59 bits per heavy atom. The monoisotopic (exact) mass is 405 g/mol. The van der Waals surface area contributed by atoms with E-state index in [1.54, 1.807) is 30.3 Å². The molecule has 1 aromatic carbocycles. The largest absolute Gasteiger partial charge is 0.479 e. The smallest absolute Gasteiger partial charge is 0.408 e. The van der Waals surface area contributed by atoms with Crippen LogP contribution in [-0.4, -0.2) is 49.7 Å². The number of carbonyl (C=O) groups excluding carboxylic acids is 2. The topological polar surface area (TPSA) is 137 Å². The number of alkyl carbamates (subject to hydrolysis) is 1. The second-order valence-corrected chi connectivity index (χ2v) is 7.74. The van der Waals surface area contributed by atoms with Gasteiger partial charge in [-0.15, -0.1) is 0 Å². The fourth-order valence-corrected chi connectivity index (χ4v) is 2.98. The van der Waals surface area contributed by atoms with Gasteiger partial charge in [0, 0.05) is 21.1 Å². The van der Waals surface area contributed by atoms with Crippen LogP contribution >= 0.6 is 7.60 Å². The molecule has 11 heteroatoms. The standard InChI is InChI=1S/C13H18NO7P.C3H6O2/c1-13(11(15)16,22(18,19-2)20-3)14-12(17)21-9-10-7-5-4-6-8-10;1-3(4)5-2/h4-8H,9H2,1-3H3,(H,14,17)(H,15,16);1-2H3. The number of carbonyl (C=O) groups is 3. The third-order valence-corrected chi connectivity index (χ3v) is 5.65. The second-order valence-electron chi connectivity index (χ2n) is 5.12. The molecule has 0 aromatic heterocycles. The third-order valence-electron chi connectivity index (χ3n) is 3.29. The van der Waals surface area contributed by atoms with Crippen LogP contribution in [0.1, 0.15) is 19.4 Å². The van der Waals surface area contributed by atoms with E-state index in [4.69, 9.17) is 4.74 Å². The Morgan fingerprint density at radius 3 is 1.96 bits per heavy atom. The molecule has 0 heterocycles. The molecule has 0 radical (unpaired) electrons. The summed E-state index contributed by atoms with van der Waals surface area (Å²) in [6.07, 6.45) is -1.05. The first kappa shape index (κ1) is 24.6. The van der Waals surface area contributed by atoms with E-state index in [9.17, 15) is 24.1 Å². The minimum Gasteiger partial charge on any atom is -0.479 e. The lowest BCUT2D eigenvalue weighted by atomic mass is 10.2. The average molecular weight is 405 g/mol. The van der Waals surface area contributed by atoms with E-state index >= 15 is 0 Å². The summed E-state index contributed by atoms with van der Waals surface area (Å²) in [7, 11) is -0.710. The normalized spacial score (nSPS) is 12.6. The Balaban J connectivity index is 0.00000119. The van der Waals surface area contributed by atoms with Crippen molar-refractivity contribution < 1.29 is 42.6 Å². The van der Waals surface area contributed by atoms with E-state index in [1.807, 2.05) is 5.32 Å². The molecular weight excluding hydrogens is 381 g/mol. The van der Waals surface area contributed by atoms with Crippen LogP contribution in [0.15, 0.2) is 30.3 Å². The van der Waals surface area contributed by atoms with E-state index in [2.05, 4.69) is 13.8 Å². The fourth-order valence-electron chi connectivity index (χ4n) is 1.64. The van der Waals surface area contributed by atoms with Crippen molar-refractivity contribution in [1.29, 1.82) is 0 Å². The van der Waals surface area contributed by atoms with Crippen LogP contribution in [0.5, 0.6) is 0 Å². The van der Waals surface area contributed by atoms with Gasteiger partial charge >= 0.3 is 25.6 Å². The van der Waals surface area contributed by atoms with Crippen LogP contribution in [0.4, 0.5) is 4.79 Å². The number of hydrogen-bond donors (Lipinski definition) is 2. The van der Waals surface area contributed by atoms with Gasteiger partial charge in [-0.25, -0.2) is 9.59 Å². The summed E-state index contributed by atoms with van der Waals surface area (Å²) in [5.41, 5.74) is 0.719. The van der Waals surface area contributed by atoms with Crippen LogP contribution in [0, 0.1) is 0 Å². The van der Waals surface area contributed by atoms with Crippen molar-refractivity contribution in [3.05, 3.63) is 35.9 Å². The molecule has 1 amide bonds. The van der Waals surface area contributed by atoms with Gasteiger partial charge in [-0.2, -0.15) is 0 Å². The van der Waals surface area contributed by atoms with Crippen molar-refractivity contribution in [3.8, 4) is 0 Å². The summed E-state index contributed by atoms with van der Waals surface area (Å²) >= 11 is 0. The minimum absolute atomic E-state index is 0.0629. The number of esters is 1. The van der Waals surface area contributed by atoms with E-state index in [0.29, 0.717) is 0 Å². The number of hydrogen-bond acceptors (Lipinski definition) is 8. The molecule has 1 unspecified atom stereocenters. The molecule has 2 N–H and O–H groups in total. The van der Waals surface area contributed by atoms with Crippen LogP contribution in [0.2, 0.25) is 0 Å². The Hall–Kier alpha value is -2.42. The molecule has 0 fully saturated rings. The quantitative estimate of drug-likeness (QED) is 0.517. The van der Waals surface area contributed by atoms with Crippen LogP contribution in [-0.2, 0) is 39.3 Å². The summed E-state index contributed by atoms with van der Waals surface area (Å²) in [5, 5.41) is 9.02. The SMILES string of the molecule is COC(C)=O.COP(=O)(OC)C(C)(NC(=O)OCc1ccccc1)C(=O)O. The van der Waals surface area contributed by atoms with Crippen LogP contribution < -0.4 is 5.32 Å². The van der Waals surface area contributed by atoms with Crippen molar-refractivity contribution >= 4 is 25.6 Å². The van der Waals surface area contributed by atoms with Crippen molar-refractivity contribution in [2.75, 3.05) is 21.3 Å². The number of amides is 1. The van der Waals surface area contributed by atoms with E-state index < -0.39 is 24.9 Å². The first-order valence-electron chi connectivity index (χ1n) is 7.54. The summed E-state index contributed by atoms with van der Waals surface area (Å²) in [4.78, 5) is 32.8. The number of aliphatic carboxylic acids is 1. The maximum absolute atomic E-state index is 12.3. The lowest BCUT2D eigenvalue weighted by Gasteiger charge is -2.30. The van der Waals surface area contributed by atoms with Crippen LogP contribution in [0.25, 0.3) is 0 Å². The Kier molecular flexibility index (Phi) is 10.3. The zero-order valence-electron chi connectivity index (χ0n) is 15.8. The molecule has 0 aliphatic heterocycles. The Labute approximate surface area is 157 Å². The first-order valence-corrected chi connectivity index (χ1v) is 9.09. The maximum atomic E-state index is 12.3. The van der Waals surface area contributed by atoms with Gasteiger partial charge in [-0.3, -0.25) is 14.7 Å². The number of rotatable bonds is 7. The molecule has 152 valence electrons. The minimum atomic E-state index is -4.12. The highest BCUT2D eigenvalue weighted by Crippen LogP contribution is 2.57. The lowest BCUT2D eigenvalue weighted by Crippen LogP contribution is -2.52. The first-order chi connectivity index (χ1) is 12.6. The predicted octanol–water partition coefficient (Wildman–Crippen LogP) is 2.38. The number of nitrogens with one attached hydrogen (secondary N) is 1. The molecule has 0 saturated carbocycles. The van der Waals surface area contributed by atoms with E-state index in [0.717, 1.165) is 26.7 Å². The average Bonchev–Trinajstić information content (AvgIpc) is 2.66. The molecule has 27 heavy (non-hydrogen) atoms. The van der Waals surface area contributed by atoms with Gasteiger partial charge < -0.3 is 23.6 Å². The second kappa shape index (κ2) is 11.3. The fraction of sp³-hybridized carbons (Fsp3) is 0.438. The number of carboxylic acid groups (broad SMARTS) is 1. The zero-order chi connectivity index (χ0) is 21.1. The maximum Gasteiger partial charge on any atom is 0.408 e. The summed E-state index contributed by atoms with van der Waals surface area (Å²) < 4.78 is 30.7. The van der Waals surface area contributed by atoms with Crippen molar-refractivity contribution in [1.82, 2.24) is 5.32 Å². The van der Waals surface area contributed by atoms with Gasteiger partial charge in [0.2, 0.25) is 5.28 Å². The predicted molar refractivity (Wildman–Crippen MR) is 95.1 cm³/mol. The molecule has 0 aliphatic carbocycles. The molecule has 1 aromatic rings. The number of benzene rings is 1. The van der Waals surface area contributed by atoms with Crippen molar-refractivity contribution in [2.45, 2.75) is 25.7 Å². The molecule has 0 aliphatic rings. The zero-order valence-corrected chi connectivity index (χ0v) is 16.6. The molecular formula is C16H24NO9P. The van der Waals surface area contributed by atoms with E-state index in [-0.39, 0.29) is 12.6 Å². The molecule has 10 nitrogen and oxygen atoms in total. The Bertz CT molecular complexity index is 672. The molecule has 0 bridgehead atoms. The lowest BCUT2D eigenvalue weighted by molar-refractivity contribution is -0.141. The van der Waals surface area contributed by atoms with Gasteiger partial charge in [-0.05, 0) is 12.5 Å². The van der Waals surface area contributed by atoms with E-state index in [1.165, 1.54) is 14.0 Å². The summed E-state index contributed by atoms with van der Waals surface area (Å²) in [5.74, 6) is -1.82. The summed E-state index contributed by atoms with van der Waals surface area (Å²) in [6, 6.07) is 8.81.